The normalized spacial score (nSPS) is 12.4. The number of pyridine rings is 1. The summed E-state index contributed by atoms with van der Waals surface area (Å²) in [4.78, 5) is 43.8. The molecule has 1 amide bonds. The number of aromatic nitrogens is 6. The number of fused-ring (bicyclic) bond motifs is 2. The zero-order valence-electron chi connectivity index (χ0n) is 21.3. The molecule has 11 heteroatoms. The van der Waals surface area contributed by atoms with Crippen LogP contribution in [0.25, 0.3) is 16.7 Å². The number of carbonyl (C=O) groups excluding carboxylic acids is 1. The first-order valence-electron chi connectivity index (χ1n) is 12.7. The highest BCUT2D eigenvalue weighted by atomic mass is 16.6. The van der Waals surface area contributed by atoms with Crippen LogP contribution in [0.2, 0.25) is 0 Å². The molecular formula is C28H26N8O3. The van der Waals surface area contributed by atoms with Crippen molar-refractivity contribution in [3.63, 3.8) is 0 Å². The molecular weight excluding hydrogens is 496 g/mol. The van der Waals surface area contributed by atoms with Crippen LogP contribution in [-0.2, 0) is 30.5 Å². The van der Waals surface area contributed by atoms with E-state index in [-0.39, 0.29) is 10.9 Å². The fourth-order valence-corrected chi connectivity index (χ4v) is 4.88. The summed E-state index contributed by atoms with van der Waals surface area (Å²) in [5.74, 6) is 0.546. The van der Waals surface area contributed by atoms with Crippen LogP contribution >= 0.6 is 0 Å². The average Bonchev–Trinajstić information content (AvgIpc) is 3.65. The van der Waals surface area contributed by atoms with E-state index in [1.165, 1.54) is 37.0 Å². The molecule has 0 unspecified atom stereocenters. The number of aryl methyl sites for hydroxylation is 4. The zero-order chi connectivity index (χ0) is 26.8. The molecule has 39 heavy (non-hydrogen) atoms. The van der Waals surface area contributed by atoms with Crippen molar-refractivity contribution in [2.45, 2.75) is 32.1 Å². The molecule has 0 saturated carbocycles. The van der Waals surface area contributed by atoms with Crippen LogP contribution in [0.3, 0.4) is 0 Å². The smallest absolute Gasteiger partial charge is 0.280 e. The van der Waals surface area contributed by atoms with Crippen LogP contribution in [0.4, 0.5) is 11.6 Å². The highest BCUT2D eigenvalue weighted by molar-refractivity contribution is 5.96. The Kier molecular flexibility index (Phi) is 6.55. The molecule has 1 aliphatic rings. The third-order valence-electron chi connectivity index (χ3n) is 6.87. The Labute approximate surface area is 223 Å². The van der Waals surface area contributed by atoms with Crippen LogP contribution in [0.5, 0.6) is 0 Å². The van der Waals surface area contributed by atoms with Gasteiger partial charge in [0.15, 0.2) is 5.65 Å². The molecule has 3 N–H and O–H groups in total. The molecule has 0 spiro atoms. The van der Waals surface area contributed by atoms with E-state index in [1.807, 2.05) is 30.3 Å². The number of amides is 1. The first-order valence-corrected chi connectivity index (χ1v) is 12.7. The number of aromatic amines is 1. The SMILES string of the molecule is CONC(=O)c1cn(-c2ccc3c(c2)CCC3)c2nc(Nc3ccc(CCc4ncn[nH]4)cc3)ncc2c1=O. The van der Waals surface area contributed by atoms with E-state index in [0.29, 0.717) is 11.6 Å². The number of hydroxylamine groups is 1. The van der Waals surface area contributed by atoms with Gasteiger partial charge in [-0.2, -0.15) is 10.1 Å². The number of carbonyl (C=O) groups is 1. The van der Waals surface area contributed by atoms with Gasteiger partial charge in [-0.1, -0.05) is 18.2 Å². The first-order chi connectivity index (χ1) is 19.1. The van der Waals surface area contributed by atoms with Gasteiger partial charge in [-0.25, -0.2) is 15.4 Å². The highest BCUT2D eigenvalue weighted by Crippen LogP contribution is 2.26. The van der Waals surface area contributed by atoms with Gasteiger partial charge in [-0.15, -0.1) is 0 Å². The van der Waals surface area contributed by atoms with Gasteiger partial charge in [0.25, 0.3) is 5.91 Å². The lowest BCUT2D eigenvalue weighted by atomic mass is 10.1. The molecule has 1 aliphatic carbocycles. The molecule has 0 saturated heterocycles. The Morgan fingerprint density at radius 1 is 1.08 bits per heavy atom. The number of nitrogens with one attached hydrogen (secondary N) is 3. The van der Waals surface area contributed by atoms with Gasteiger partial charge in [0.1, 0.15) is 17.7 Å². The van der Waals surface area contributed by atoms with E-state index in [9.17, 15) is 9.59 Å². The lowest BCUT2D eigenvalue weighted by Crippen LogP contribution is -2.29. The second kappa shape index (κ2) is 10.5. The minimum absolute atomic E-state index is 0.0601. The molecule has 11 nitrogen and oxygen atoms in total. The maximum Gasteiger partial charge on any atom is 0.280 e. The number of hydrogen-bond acceptors (Lipinski definition) is 8. The highest BCUT2D eigenvalue weighted by Gasteiger charge is 2.19. The van der Waals surface area contributed by atoms with Gasteiger partial charge in [0.2, 0.25) is 11.4 Å². The third kappa shape index (κ3) is 4.99. The minimum atomic E-state index is -0.634. The Balaban J connectivity index is 1.34. The largest absolute Gasteiger partial charge is 0.324 e. The average molecular weight is 523 g/mol. The topological polar surface area (TPSA) is 140 Å². The maximum absolute atomic E-state index is 13.2. The lowest BCUT2D eigenvalue weighted by Gasteiger charge is -2.15. The monoisotopic (exact) mass is 522 g/mol. The van der Waals surface area contributed by atoms with Crippen molar-refractivity contribution < 1.29 is 9.63 Å². The number of benzene rings is 2. The molecule has 0 atom stereocenters. The second-order valence-electron chi connectivity index (χ2n) is 9.37. The van der Waals surface area contributed by atoms with Gasteiger partial charge in [0, 0.05) is 30.2 Å². The van der Waals surface area contributed by atoms with Crippen LogP contribution < -0.4 is 16.2 Å². The van der Waals surface area contributed by atoms with Crippen LogP contribution in [0.1, 0.15) is 39.3 Å². The van der Waals surface area contributed by atoms with Crippen molar-refractivity contribution in [3.8, 4) is 5.69 Å². The summed E-state index contributed by atoms with van der Waals surface area (Å²) >= 11 is 0. The molecule has 2 aromatic carbocycles. The fraction of sp³-hybridized carbons (Fsp3) is 0.214. The molecule has 0 radical (unpaired) electrons. The number of hydrogen-bond donors (Lipinski definition) is 3. The van der Waals surface area contributed by atoms with E-state index < -0.39 is 11.3 Å². The summed E-state index contributed by atoms with van der Waals surface area (Å²) in [6.07, 6.45) is 9.22. The summed E-state index contributed by atoms with van der Waals surface area (Å²) in [5.41, 5.74) is 7.46. The minimum Gasteiger partial charge on any atom is -0.324 e. The van der Waals surface area contributed by atoms with Crippen LogP contribution in [0, 0.1) is 0 Å². The summed E-state index contributed by atoms with van der Waals surface area (Å²) < 4.78 is 1.76. The Morgan fingerprint density at radius 3 is 2.72 bits per heavy atom. The number of anilines is 2. The second-order valence-corrected chi connectivity index (χ2v) is 9.37. The standard InChI is InChI=1S/C28H26N8O3/c1-39-35-27(38)23-15-36(21-11-8-18-3-2-4-19(18)13-21)26-22(25(23)37)14-29-28(33-26)32-20-9-5-17(6-10-20)7-12-24-30-16-31-34-24/h5-6,8-11,13-16H,2-4,7,12H2,1H3,(H,35,38)(H,29,32,33)(H,30,31,34). The van der Waals surface area contributed by atoms with Gasteiger partial charge in [-0.05, 0) is 66.6 Å². The number of rotatable bonds is 8. The molecule has 0 fully saturated rings. The van der Waals surface area contributed by atoms with Crippen molar-refractivity contribution in [1.82, 2.24) is 35.2 Å². The summed E-state index contributed by atoms with van der Waals surface area (Å²) in [6.45, 7) is 0. The first kappa shape index (κ1) is 24.4. The van der Waals surface area contributed by atoms with Crippen molar-refractivity contribution in [2.24, 2.45) is 0 Å². The van der Waals surface area contributed by atoms with Crippen LogP contribution in [0.15, 0.2) is 66.0 Å². The predicted molar refractivity (Wildman–Crippen MR) is 145 cm³/mol. The maximum atomic E-state index is 13.2. The molecule has 196 valence electrons. The van der Waals surface area contributed by atoms with Crippen LogP contribution in [-0.4, -0.2) is 42.7 Å². The molecule has 5 aromatic rings. The fourth-order valence-electron chi connectivity index (χ4n) is 4.88. The van der Waals surface area contributed by atoms with Crippen molar-refractivity contribution in [3.05, 3.63) is 99.5 Å². The predicted octanol–water partition coefficient (Wildman–Crippen LogP) is 3.21. The van der Waals surface area contributed by atoms with Gasteiger partial charge < -0.3 is 9.88 Å². The molecule has 0 aliphatic heterocycles. The molecule has 3 aromatic heterocycles. The summed E-state index contributed by atoms with van der Waals surface area (Å²) in [6, 6.07) is 14.1. The van der Waals surface area contributed by atoms with E-state index in [4.69, 9.17) is 9.82 Å². The summed E-state index contributed by atoms with van der Waals surface area (Å²) in [7, 11) is 1.32. The van der Waals surface area contributed by atoms with Crippen molar-refractivity contribution in [1.29, 1.82) is 0 Å². The van der Waals surface area contributed by atoms with E-state index in [1.54, 1.807) is 4.57 Å². The number of nitrogens with zero attached hydrogens (tertiary/aromatic N) is 5. The number of H-pyrrole nitrogens is 1. The molecule has 0 bridgehead atoms. The van der Waals surface area contributed by atoms with E-state index in [0.717, 1.165) is 54.9 Å². The Hall–Kier alpha value is -4.90. The Bertz CT molecular complexity index is 1710. The van der Waals surface area contributed by atoms with Gasteiger partial charge >= 0.3 is 0 Å². The van der Waals surface area contributed by atoms with Gasteiger partial charge in [0.05, 0.1) is 12.5 Å². The molecule has 6 rings (SSSR count). The summed E-state index contributed by atoms with van der Waals surface area (Å²) in [5, 5.41) is 10.2. The third-order valence-corrected chi connectivity index (χ3v) is 6.87. The zero-order valence-corrected chi connectivity index (χ0v) is 21.3. The van der Waals surface area contributed by atoms with Crippen molar-refractivity contribution in [2.75, 3.05) is 12.4 Å². The quantitative estimate of drug-likeness (QED) is 0.264. The van der Waals surface area contributed by atoms with Gasteiger partial charge in [-0.3, -0.25) is 19.5 Å². The van der Waals surface area contributed by atoms with E-state index in [2.05, 4.69) is 43.1 Å². The lowest BCUT2D eigenvalue weighted by molar-refractivity contribution is 0.0536. The van der Waals surface area contributed by atoms with Crippen molar-refractivity contribution >= 4 is 28.6 Å². The Morgan fingerprint density at radius 2 is 1.92 bits per heavy atom. The van der Waals surface area contributed by atoms with E-state index >= 15 is 0 Å². The molecule has 3 heterocycles.